The van der Waals surface area contributed by atoms with Crippen molar-refractivity contribution in [3.63, 3.8) is 0 Å². The summed E-state index contributed by atoms with van der Waals surface area (Å²) in [4.78, 5) is 12.8. The predicted molar refractivity (Wildman–Crippen MR) is 116 cm³/mol. The monoisotopic (exact) mass is 448 g/mol. The second kappa shape index (κ2) is 7.78. The van der Waals surface area contributed by atoms with Crippen molar-refractivity contribution < 1.29 is 32.5 Å². The molecule has 2 aliphatic heterocycles. The molecule has 2 aliphatic rings. The van der Waals surface area contributed by atoms with E-state index in [9.17, 15) is 4.79 Å². The van der Waals surface area contributed by atoms with Gasteiger partial charge in [0, 0.05) is 17.7 Å². The third-order valence-electron chi connectivity index (χ3n) is 5.53. The van der Waals surface area contributed by atoms with Gasteiger partial charge < -0.3 is 18.9 Å². The Labute approximate surface area is 188 Å². The number of hydrogen-bond acceptors (Lipinski definition) is 5. The van der Waals surface area contributed by atoms with Crippen LogP contribution >= 0.6 is 0 Å². The Morgan fingerprint density at radius 1 is 0.848 bits per heavy atom. The SMILES string of the molecule is C=CCOc1cc2c(cc1F)C1(OC(=O)c3ccccc31)c1cc(F)c(OCC=C)cc1O2. The quantitative estimate of drug-likeness (QED) is 0.360. The zero-order chi connectivity index (χ0) is 23.2. The molecule has 0 unspecified atom stereocenters. The molecule has 3 aromatic rings. The van der Waals surface area contributed by atoms with Crippen molar-refractivity contribution in [1.82, 2.24) is 0 Å². The molecule has 3 aromatic carbocycles. The van der Waals surface area contributed by atoms with Crippen molar-refractivity contribution in [3.8, 4) is 23.0 Å². The summed E-state index contributed by atoms with van der Waals surface area (Å²) < 4.78 is 52.8. The molecule has 0 aliphatic carbocycles. The number of halogens is 2. The van der Waals surface area contributed by atoms with Crippen LogP contribution in [-0.2, 0) is 10.3 Å². The first kappa shape index (κ1) is 20.8. The van der Waals surface area contributed by atoms with E-state index >= 15 is 8.78 Å². The molecule has 5 nitrogen and oxygen atoms in total. The minimum Gasteiger partial charge on any atom is -0.486 e. The second-order valence-electron chi connectivity index (χ2n) is 7.48. The minimum absolute atomic E-state index is 0.0601. The lowest BCUT2D eigenvalue weighted by molar-refractivity contribution is 0.0221. The second-order valence-corrected chi connectivity index (χ2v) is 7.48. The predicted octanol–water partition coefficient (Wildman–Crippen LogP) is 5.66. The van der Waals surface area contributed by atoms with Crippen molar-refractivity contribution in [3.05, 3.63) is 108 Å². The van der Waals surface area contributed by atoms with Gasteiger partial charge in [-0.25, -0.2) is 13.6 Å². The molecule has 0 amide bonds. The minimum atomic E-state index is -1.60. The number of ether oxygens (including phenoxy) is 4. The van der Waals surface area contributed by atoms with Gasteiger partial charge in [-0.3, -0.25) is 0 Å². The van der Waals surface area contributed by atoms with Gasteiger partial charge in [0.2, 0.25) is 0 Å². The summed E-state index contributed by atoms with van der Waals surface area (Å²) in [7, 11) is 0. The van der Waals surface area contributed by atoms with Crippen LogP contribution in [0.5, 0.6) is 23.0 Å². The number of hydrogen-bond donors (Lipinski definition) is 0. The van der Waals surface area contributed by atoms with Gasteiger partial charge >= 0.3 is 5.97 Å². The average Bonchev–Trinajstić information content (AvgIpc) is 3.11. The van der Waals surface area contributed by atoms with E-state index in [0.29, 0.717) is 11.1 Å². The lowest BCUT2D eigenvalue weighted by atomic mass is 9.77. The van der Waals surface area contributed by atoms with E-state index in [1.807, 2.05) is 0 Å². The number of benzene rings is 3. The Hall–Kier alpha value is -4.13. The van der Waals surface area contributed by atoms with E-state index < -0.39 is 23.2 Å². The molecule has 0 atom stereocenters. The maximum atomic E-state index is 15.0. The van der Waals surface area contributed by atoms with E-state index in [-0.39, 0.29) is 47.3 Å². The maximum absolute atomic E-state index is 15.0. The zero-order valence-electron chi connectivity index (χ0n) is 17.4. The number of carbonyl (C=O) groups is 1. The molecule has 0 radical (unpaired) electrons. The molecule has 2 heterocycles. The van der Waals surface area contributed by atoms with Crippen LogP contribution in [0.1, 0.15) is 27.0 Å². The van der Waals surface area contributed by atoms with Gasteiger partial charge in [-0.15, -0.1) is 0 Å². The molecule has 166 valence electrons. The number of carbonyl (C=O) groups excluding carboxylic acids is 1. The van der Waals surface area contributed by atoms with Crippen molar-refractivity contribution in [1.29, 1.82) is 0 Å². The Balaban J connectivity index is 1.78. The van der Waals surface area contributed by atoms with Crippen LogP contribution in [0.15, 0.2) is 73.8 Å². The summed E-state index contributed by atoms with van der Waals surface area (Å²) in [5.74, 6) is -1.69. The molecule has 7 heteroatoms. The molecule has 0 saturated carbocycles. The summed E-state index contributed by atoms with van der Waals surface area (Å²) in [5, 5.41) is 0. The summed E-state index contributed by atoms with van der Waals surface area (Å²) >= 11 is 0. The Kier molecular flexibility index (Phi) is 4.89. The molecule has 0 saturated heterocycles. The maximum Gasteiger partial charge on any atom is 0.340 e. The molecular weight excluding hydrogens is 430 g/mol. The molecular formula is C26H18F2O5. The third kappa shape index (κ3) is 3.08. The lowest BCUT2D eigenvalue weighted by Crippen LogP contribution is -2.33. The van der Waals surface area contributed by atoms with Crippen molar-refractivity contribution in [2.45, 2.75) is 5.60 Å². The Bertz CT molecular complexity index is 1250. The van der Waals surface area contributed by atoms with E-state index in [1.54, 1.807) is 24.3 Å². The summed E-state index contributed by atoms with van der Waals surface area (Å²) in [6.45, 7) is 7.29. The topological polar surface area (TPSA) is 54.0 Å². The lowest BCUT2D eigenvalue weighted by Gasteiger charge is -2.36. The highest BCUT2D eigenvalue weighted by atomic mass is 19.1. The van der Waals surface area contributed by atoms with Crippen LogP contribution < -0.4 is 14.2 Å². The summed E-state index contributed by atoms with van der Waals surface area (Å²) in [5.41, 5.74) is -0.409. The van der Waals surface area contributed by atoms with Gasteiger partial charge in [-0.05, 0) is 18.2 Å². The van der Waals surface area contributed by atoms with Crippen molar-refractivity contribution in [2.75, 3.05) is 13.2 Å². The third-order valence-corrected chi connectivity index (χ3v) is 5.53. The number of fused-ring (bicyclic) bond motifs is 6. The Morgan fingerprint density at radius 2 is 1.39 bits per heavy atom. The summed E-state index contributed by atoms with van der Waals surface area (Å²) in [6, 6.07) is 11.9. The van der Waals surface area contributed by atoms with Gasteiger partial charge in [0.1, 0.15) is 24.7 Å². The number of rotatable bonds is 6. The highest BCUT2D eigenvalue weighted by Gasteiger charge is 2.54. The smallest absolute Gasteiger partial charge is 0.340 e. The van der Waals surface area contributed by atoms with E-state index in [4.69, 9.17) is 18.9 Å². The van der Waals surface area contributed by atoms with E-state index in [1.165, 1.54) is 36.4 Å². The largest absolute Gasteiger partial charge is 0.486 e. The fourth-order valence-corrected chi connectivity index (χ4v) is 4.19. The molecule has 33 heavy (non-hydrogen) atoms. The van der Waals surface area contributed by atoms with Crippen molar-refractivity contribution >= 4 is 5.97 Å². The van der Waals surface area contributed by atoms with E-state index in [2.05, 4.69) is 13.2 Å². The van der Waals surface area contributed by atoms with Gasteiger partial charge in [0.05, 0.1) is 16.7 Å². The summed E-state index contributed by atoms with van der Waals surface area (Å²) in [6.07, 6.45) is 2.97. The highest BCUT2D eigenvalue weighted by Crippen LogP contribution is 2.57. The molecule has 0 aromatic heterocycles. The molecule has 0 N–H and O–H groups in total. The molecule has 0 fully saturated rings. The fourth-order valence-electron chi connectivity index (χ4n) is 4.19. The standard InChI is InChI=1S/C26H18F2O5/c1-3-9-30-23-13-21-17(11-19(23)27)26(16-8-6-5-7-15(16)25(29)33-26)18-12-20(28)24(31-10-4-2)14-22(18)32-21/h3-8,11-14H,1-2,9-10H2. The Morgan fingerprint density at radius 3 is 1.94 bits per heavy atom. The van der Waals surface area contributed by atoms with Crippen LogP contribution in [0.25, 0.3) is 0 Å². The average molecular weight is 448 g/mol. The van der Waals surface area contributed by atoms with Gasteiger partial charge in [-0.2, -0.15) is 0 Å². The van der Waals surface area contributed by atoms with Gasteiger partial charge in [0.25, 0.3) is 0 Å². The van der Waals surface area contributed by atoms with Crippen LogP contribution in [0.3, 0.4) is 0 Å². The van der Waals surface area contributed by atoms with Crippen LogP contribution in [0.4, 0.5) is 8.78 Å². The molecule has 5 rings (SSSR count). The van der Waals surface area contributed by atoms with Gasteiger partial charge in [-0.1, -0.05) is 43.5 Å². The highest BCUT2D eigenvalue weighted by molar-refractivity contribution is 5.97. The van der Waals surface area contributed by atoms with E-state index in [0.717, 1.165) is 0 Å². The molecule has 1 spiro atoms. The fraction of sp³-hybridized carbons (Fsp3) is 0.115. The first-order valence-electron chi connectivity index (χ1n) is 10.2. The first-order chi connectivity index (χ1) is 16.0. The molecule has 0 bridgehead atoms. The first-order valence-corrected chi connectivity index (χ1v) is 10.2. The number of esters is 1. The van der Waals surface area contributed by atoms with Crippen LogP contribution in [-0.4, -0.2) is 19.2 Å². The normalized spacial score (nSPS) is 14.4. The van der Waals surface area contributed by atoms with Crippen LogP contribution in [0, 0.1) is 11.6 Å². The van der Waals surface area contributed by atoms with Crippen LogP contribution in [0.2, 0.25) is 0 Å². The van der Waals surface area contributed by atoms with Gasteiger partial charge in [0.15, 0.2) is 28.7 Å². The zero-order valence-corrected chi connectivity index (χ0v) is 17.4. The van der Waals surface area contributed by atoms with Crippen molar-refractivity contribution in [2.24, 2.45) is 0 Å².